The van der Waals surface area contributed by atoms with Gasteiger partial charge in [0.25, 0.3) is 0 Å². The number of carboxylic acids is 1. The standard InChI is InChI=1S/C23H29NO6/c1-27-22(23(25)26)15-17-7-9-18(10-8-17)29-12-4-13-30-21-6-3-2-5-19(21)20-16-28-14-11-24-20/h2-3,5-10,20,22,24H,4,11-16H2,1H3,(H,25,26)/t20?,22-/m0/s1. The normalized spacial score (nSPS) is 17.3. The van der Waals surface area contributed by atoms with Gasteiger partial charge in [0.2, 0.25) is 0 Å². The van der Waals surface area contributed by atoms with Gasteiger partial charge in [-0.3, -0.25) is 0 Å². The van der Waals surface area contributed by atoms with Crippen molar-refractivity contribution in [3.63, 3.8) is 0 Å². The number of benzene rings is 2. The van der Waals surface area contributed by atoms with Crippen LogP contribution in [0.2, 0.25) is 0 Å². The van der Waals surface area contributed by atoms with Gasteiger partial charge >= 0.3 is 5.97 Å². The number of aliphatic carboxylic acids is 1. The highest BCUT2D eigenvalue weighted by Gasteiger charge is 2.19. The minimum absolute atomic E-state index is 0.156. The Balaban J connectivity index is 1.41. The Morgan fingerprint density at radius 3 is 2.63 bits per heavy atom. The highest BCUT2D eigenvalue weighted by Crippen LogP contribution is 2.26. The largest absolute Gasteiger partial charge is 0.493 e. The summed E-state index contributed by atoms with van der Waals surface area (Å²) in [6.45, 7) is 3.31. The van der Waals surface area contributed by atoms with Crippen LogP contribution in [0.15, 0.2) is 48.5 Å². The lowest BCUT2D eigenvalue weighted by Crippen LogP contribution is -2.34. The van der Waals surface area contributed by atoms with Gasteiger partial charge in [0.15, 0.2) is 6.10 Å². The number of carbonyl (C=O) groups is 1. The molecular weight excluding hydrogens is 386 g/mol. The molecule has 0 amide bonds. The van der Waals surface area contributed by atoms with E-state index < -0.39 is 12.1 Å². The Kier molecular flexibility index (Phi) is 8.50. The molecule has 0 bridgehead atoms. The third-order valence-corrected chi connectivity index (χ3v) is 4.94. The van der Waals surface area contributed by atoms with Crippen molar-refractivity contribution in [3.05, 3.63) is 59.7 Å². The highest BCUT2D eigenvalue weighted by atomic mass is 16.5. The Morgan fingerprint density at radius 1 is 1.17 bits per heavy atom. The van der Waals surface area contributed by atoms with E-state index in [0.717, 1.165) is 42.2 Å². The molecule has 0 radical (unpaired) electrons. The summed E-state index contributed by atoms with van der Waals surface area (Å²) in [5.41, 5.74) is 2.00. The lowest BCUT2D eigenvalue weighted by Gasteiger charge is -2.25. The van der Waals surface area contributed by atoms with Crippen LogP contribution in [0, 0.1) is 0 Å². The van der Waals surface area contributed by atoms with Crippen LogP contribution in [-0.2, 0) is 20.7 Å². The van der Waals surface area contributed by atoms with Crippen molar-refractivity contribution in [2.24, 2.45) is 0 Å². The molecule has 1 aliphatic rings. The van der Waals surface area contributed by atoms with Gasteiger partial charge in [0.05, 0.1) is 32.5 Å². The van der Waals surface area contributed by atoms with Crippen LogP contribution >= 0.6 is 0 Å². The number of carboxylic acid groups (broad SMARTS) is 1. The molecule has 1 unspecified atom stereocenters. The lowest BCUT2D eigenvalue weighted by atomic mass is 10.1. The second-order valence-corrected chi connectivity index (χ2v) is 7.08. The Labute approximate surface area is 176 Å². The van der Waals surface area contributed by atoms with E-state index in [4.69, 9.17) is 24.1 Å². The van der Waals surface area contributed by atoms with Crippen LogP contribution in [0.1, 0.15) is 23.6 Å². The first-order chi connectivity index (χ1) is 14.7. The molecular formula is C23H29NO6. The van der Waals surface area contributed by atoms with Crippen molar-refractivity contribution in [2.75, 3.05) is 40.1 Å². The minimum Gasteiger partial charge on any atom is -0.493 e. The third-order valence-electron chi connectivity index (χ3n) is 4.94. The highest BCUT2D eigenvalue weighted by molar-refractivity contribution is 5.72. The van der Waals surface area contributed by atoms with Gasteiger partial charge in [-0.2, -0.15) is 0 Å². The molecule has 1 aliphatic heterocycles. The van der Waals surface area contributed by atoms with E-state index >= 15 is 0 Å². The van der Waals surface area contributed by atoms with Gasteiger partial charge in [0.1, 0.15) is 11.5 Å². The molecule has 2 atom stereocenters. The maximum Gasteiger partial charge on any atom is 0.333 e. The number of ether oxygens (including phenoxy) is 4. The Bertz CT molecular complexity index is 789. The summed E-state index contributed by atoms with van der Waals surface area (Å²) in [7, 11) is 1.40. The lowest BCUT2D eigenvalue weighted by molar-refractivity contribution is -0.148. The molecule has 0 spiro atoms. The summed E-state index contributed by atoms with van der Waals surface area (Å²) in [5.74, 6) is 0.647. The first-order valence-corrected chi connectivity index (χ1v) is 10.2. The zero-order valence-corrected chi connectivity index (χ0v) is 17.2. The maximum absolute atomic E-state index is 11.0. The average molecular weight is 415 g/mol. The fourth-order valence-corrected chi connectivity index (χ4v) is 3.30. The summed E-state index contributed by atoms with van der Waals surface area (Å²) >= 11 is 0. The zero-order valence-electron chi connectivity index (χ0n) is 17.2. The van der Waals surface area contributed by atoms with E-state index in [9.17, 15) is 4.79 Å². The number of nitrogens with one attached hydrogen (secondary N) is 1. The molecule has 2 aromatic carbocycles. The fourth-order valence-electron chi connectivity index (χ4n) is 3.30. The van der Waals surface area contributed by atoms with E-state index in [2.05, 4.69) is 11.4 Å². The molecule has 1 fully saturated rings. The summed E-state index contributed by atoms with van der Waals surface area (Å²) in [4.78, 5) is 11.0. The predicted octanol–water partition coefficient (Wildman–Crippen LogP) is 2.84. The average Bonchev–Trinajstić information content (AvgIpc) is 2.79. The fraction of sp³-hybridized carbons (Fsp3) is 0.435. The molecule has 3 rings (SSSR count). The summed E-state index contributed by atoms with van der Waals surface area (Å²) in [5, 5.41) is 12.5. The molecule has 162 valence electrons. The third kappa shape index (κ3) is 6.45. The first kappa shape index (κ1) is 22.1. The molecule has 0 saturated carbocycles. The maximum atomic E-state index is 11.0. The van der Waals surface area contributed by atoms with E-state index in [1.807, 2.05) is 42.5 Å². The monoisotopic (exact) mass is 415 g/mol. The van der Waals surface area contributed by atoms with Gasteiger partial charge in [-0.1, -0.05) is 30.3 Å². The number of morpholine rings is 1. The second kappa shape index (κ2) is 11.5. The number of hydrogen-bond acceptors (Lipinski definition) is 6. The smallest absolute Gasteiger partial charge is 0.333 e. The number of hydrogen-bond donors (Lipinski definition) is 2. The van der Waals surface area contributed by atoms with E-state index in [0.29, 0.717) is 26.2 Å². The number of para-hydroxylation sites is 1. The number of rotatable bonds is 11. The van der Waals surface area contributed by atoms with Crippen LogP contribution in [0.3, 0.4) is 0 Å². The molecule has 2 aromatic rings. The van der Waals surface area contributed by atoms with Gasteiger partial charge in [-0.25, -0.2) is 4.79 Å². The van der Waals surface area contributed by atoms with Crippen molar-refractivity contribution in [2.45, 2.75) is 25.0 Å². The van der Waals surface area contributed by atoms with Crippen LogP contribution in [0.4, 0.5) is 0 Å². The van der Waals surface area contributed by atoms with Crippen molar-refractivity contribution in [3.8, 4) is 11.5 Å². The van der Waals surface area contributed by atoms with E-state index in [1.165, 1.54) is 7.11 Å². The van der Waals surface area contributed by atoms with Crippen LogP contribution in [-0.4, -0.2) is 57.3 Å². The summed E-state index contributed by atoms with van der Waals surface area (Å²) in [6, 6.07) is 15.6. The van der Waals surface area contributed by atoms with Crippen molar-refractivity contribution in [1.29, 1.82) is 0 Å². The predicted molar refractivity (Wildman–Crippen MR) is 112 cm³/mol. The van der Waals surface area contributed by atoms with Crippen LogP contribution < -0.4 is 14.8 Å². The molecule has 1 heterocycles. The number of methoxy groups -OCH3 is 1. The topological polar surface area (TPSA) is 86.3 Å². The molecule has 7 heteroatoms. The molecule has 1 saturated heterocycles. The summed E-state index contributed by atoms with van der Waals surface area (Å²) in [6.07, 6.45) is 0.225. The van der Waals surface area contributed by atoms with Crippen molar-refractivity contribution < 1.29 is 28.8 Å². The Hall–Kier alpha value is -2.61. The SMILES string of the molecule is CO[C@@H](Cc1ccc(OCCCOc2ccccc2C2COCCN2)cc1)C(=O)O. The van der Waals surface area contributed by atoms with Crippen molar-refractivity contribution >= 4 is 5.97 Å². The minimum atomic E-state index is -0.966. The molecule has 0 aliphatic carbocycles. The van der Waals surface area contributed by atoms with E-state index in [1.54, 1.807) is 0 Å². The summed E-state index contributed by atoms with van der Waals surface area (Å²) < 4.78 is 22.3. The van der Waals surface area contributed by atoms with Crippen LogP contribution in [0.5, 0.6) is 11.5 Å². The van der Waals surface area contributed by atoms with Gasteiger partial charge in [-0.05, 0) is 23.8 Å². The van der Waals surface area contributed by atoms with Gasteiger partial charge < -0.3 is 29.4 Å². The zero-order chi connectivity index (χ0) is 21.2. The van der Waals surface area contributed by atoms with E-state index in [-0.39, 0.29) is 6.04 Å². The molecule has 2 N–H and O–H groups in total. The molecule has 7 nitrogen and oxygen atoms in total. The first-order valence-electron chi connectivity index (χ1n) is 10.2. The Morgan fingerprint density at radius 2 is 1.93 bits per heavy atom. The van der Waals surface area contributed by atoms with Gasteiger partial charge in [-0.15, -0.1) is 0 Å². The molecule has 30 heavy (non-hydrogen) atoms. The van der Waals surface area contributed by atoms with Crippen LogP contribution in [0.25, 0.3) is 0 Å². The molecule has 0 aromatic heterocycles. The second-order valence-electron chi connectivity index (χ2n) is 7.08. The van der Waals surface area contributed by atoms with Gasteiger partial charge in [0, 0.05) is 32.1 Å². The van der Waals surface area contributed by atoms with Crippen molar-refractivity contribution in [1.82, 2.24) is 5.32 Å². The quantitative estimate of drug-likeness (QED) is 0.546.